The van der Waals surface area contributed by atoms with E-state index < -0.39 is 6.10 Å². The normalized spacial score (nSPS) is 13.0. The van der Waals surface area contributed by atoms with E-state index in [-0.39, 0.29) is 0 Å². The number of hydrogen-bond donors (Lipinski definition) is 1. The Kier molecular flexibility index (Phi) is 3.46. The van der Waals surface area contributed by atoms with Gasteiger partial charge in [-0.3, -0.25) is 0 Å². The highest BCUT2D eigenvalue weighted by atomic mass is 35.5. The first kappa shape index (κ1) is 14.2. The number of aryl methyl sites for hydroxylation is 1. The molecule has 0 fully saturated rings. The summed E-state index contributed by atoms with van der Waals surface area (Å²) in [6.07, 6.45) is -0.680. The maximum absolute atomic E-state index is 11.0. The molecule has 1 atom stereocenters. The van der Waals surface area contributed by atoms with Gasteiger partial charge in [0.1, 0.15) is 6.10 Å². The maximum Gasteiger partial charge on any atom is 0.116 e. The Bertz CT molecular complexity index is 983. The molecule has 22 heavy (non-hydrogen) atoms. The van der Waals surface area contributed by atoms with Crippen molar-refractivity contribution in [3.05, 3.63) is 68.9 Å². The molecule has 0 radical (unpaired) electrons. The van der Waals surface area contributed by atoms with Crippen LogP contribution in [0.2, 0.25) is 5.02 Å². The predicted molar refractivity (Wildman–Crippen MR) is 97.5 cm³/mol. The summed E-state index contributed by atoms with van der Waals surface area (Å²) in [5, 5.41) is 13.8. The predicted octanol–water partition coefficient (Wildman–Crippen LogP) is 6.16. The molecule has 1 N–H and O–H groups in total. The monoisotopic (exact) mass is 344 g/mol. The zero-order valence-electron chi connectivity index (χ0n) is 11.8. The number of hydrogen-bond acceptors (Lipinski definition) is 3. The third kappa shape index (κ3) is 2.09. The molecule has 0 bridgehead atoms. The van der Waals surface area contributed by atoms with Crippen molar-refractivity contribution in [2.45, 2.75) is 13.0 Å². The molecule has 1 unspecified atom stereocenters. The van der Waals surface area contributed by atoms with Crippen LogP contribution in [-0.2, 0) is 0 Å². The lowest BCUT2D eigenvalue weighted by Crippen LogP contribution is -1.98. The van der Waals surface area contributed by atoms with Crippen LogP contribution in [0, 0.1) is 6.92 Å². The van der Waals surface area contributed by atoms with Gasteiger partial charge < -0.3 is 5.11 Å². The van der Waals surface area contributed by atoms with Crippen LogP contribution in [0.1, 0.15) is 21.4 Å². The first-order valence-electron chi connectivity index (χ1n) is 7.00. The summed E-state index contributed by atoms with van der Waals surface area (Å²) in [6, 6.07) is 16.2. The van der Waals surface area contributed by atoms with E-state index in [0.717, 1.165) is 30.8 Å². The van der Waals surface area contributed by atoms with Crippen molar-refractivity contribution in [2.24, 2.45) is 0 Å². The largest absolute Gasteiger partial charge is 0.383 e. The van der Waals surface area contributed by atoms with E-state index in [4.69, 9.17) is 11.6 Å². The van der Waals surface area contributed by atoms with Crippen LogP contribution in [-0.4, -0.2) is 5.11 Å². The van der Waals surface area contributed by atoms with Crippen LogP contribution >= 0.6 is 34.3 Å². The lowest BCUT2D eigenvalue weighted by molar-refractivity contribution is 0.225. The zero-order chi connectivity index (χ0) is 15.3. The van der Waals surface area contributed by atoms with Crippen LogP contribution in [0.25, 0.3) is 20.2 Å². The minimum absolute atomic E-state index is 0.669. The molecule has 2 heterocycles. The van der Waals surface area contributed by atoms with Crippen LogP contribution < -0.4 is 0 Å². The third-order valence-electron chi connectivity index (χ3n) is 3.90. The second kappa shape index (κ2) is 5.36. The van der Waals surface area contributed by atoms with E-state index in [1.54, 1.807) is 22.7 Å². The molecular formula is C18H13ClOS2. The molecule has 2 aromatic carbocycles. The van der Waals surface area contributed by atoms with Crippen LogP contribution in [0.5, 0.6) is 0 Å². The molecule has 0 saturated carbocycles. The van der Waals surface area contributed by atoms with E-state index in [0.29, 0.717) is 5.02 Å². The summed E-state index contributed by atoms with van der Waals surface area (Å²) in [6.45, 7) is 2.06. The number of aliphatic hydroxyl groups is 1. The first-order chi connectivity index (χ1) is 10.7. The van der Waals surface area contributed by atoms with Crippen LogP contribution in [0.15, 0.2) is 48.5 Å². The lowest BCUT2D eigenvalue weighted by atomic mass is 10.0. The molecular weight excluding hydrogens is 332 g/mol. The first-order valence-corrected chi connectivity index (χ1v) is 9.01. The van der Waals surface area contributed by atoms with Gasteiger partial charge >= 0.3 is 0 Å². The van der Waals surface area contributed by atoms with Gasteiger partial charge in [0.05, 0.1) is 9.90 Å². The molecule has 4 heteroatoms. The van der Waals surface area contributed by atoms with Gasteiger partial charge in [-0.15, -0.1) is 22.7 Å². The highest BCUT2D eigenvalue weighted by molar-refractivity contribution is 7.20. The molecule has 0 aliphatic rings. The van der Waals surface area contributed by atoms with Gasteiger partial charge in [-0.2, -0.15) is 0 Å². The quantitative estimate of drug-likeness (QED) is 0.461. The number of halogens is 1. The smallest absolute Gasteiger partial charge is 0.116 e. The van der Waals surface area contributed by atoms with Crippen molar-refractivity contribution in [3.8, 4) is 0 Å². The Hall–Kier alpha value is -1.39. The van der Waals surface area contributed by atoms with Gasteiger partial charge in [0.15, 0.2) is 0 Å². The molecule has 0 aliphatic heterocycles. The SMILES string of the molecule is Cc1sc2ccccc2c1C(O)c1sc2ccccc2c1Cl. The molecule has 4 aromatic rings. The fraction of sp³-hybridized carbons (Fsp3) is 0.111. The number of rotatable bonds is 2. The molecule has 0 amide bonds. The minimum Gasteiger partial charge on any atom is -0.383 e. The van der Waals surface area contributed by atoms with Crippen molar-refractivity contribution in [2.75, 3.05) is 0 Å². The van der Waals surface area contributed by atoms with E-state index in [2.05, 4.69) is 19.1 Å². The summed E-state index contributed by atoms with van der Waals surface area (Å²) < 4.78 is 2.31. The standard InChI is InChI=1S/C18H13ClOS2/c1-10-15(11-6-2-4-8-13(11)21-10)17(20)18-16(19)12-7-3-5-9-14(12)22-18/h2-9,17,20H,1H3. The van der Waals surface area contributed by atoms with Crippen molar-refractivity contribution in [3.63, 3.8) is 0 Å². The van der Waals surface area contributed by atoms with Crippen molar-refractivity contribution >= 4 is 54.4 Å². The summed E-state index contributed by atoms with van der Waals surface area (Å²) in [7, 11) is 0. The second-order valence-electron chi connectivity index (χ2n) is 5.25. The Balaban J connectivity index is 1.94. The average molecular weight is 345 g/mol. The van der Waals surface area contributed by atoms with Gasteiger partial charge in [0, 0.05) is 25.2 Å². The fourth-order valence-electron chi connectivity index (χ4n) is 2.87. The van der Waals surface area contributed by atoms with Gasteiger partial charge in [-0.25, -0.2) is 0 Å². The fourth-order valence-corrected chi connectivity index (χ4v) is 5.50. The van der Waals surface area contributed by atoms with Crippen molar-refractivity contribution < 1.29 is 5.11 Å². The Morgan fingerprint density at radius 3 is 2.18 bits per heavy atom. The number of thiophene rings is 2. The summed E-state index contributed by atoms with van der Waals surface area (Å²) in [5.74, 6) is 0. The third-order valence-corrected chi connectivity index (χ3v) is 6.75. The number of aliphatic hydroxyl groups excluding tert-OH is 1. The lowest BCUT2D eigenvalue weighted by Gasteiger charge is -2.10. The molecule has 0 aliphatic carbocycles. The van der Waals surface area contributed by atoms with E-state index in [1.807, 2.05) is 36.4 Å². The van der Waals surface area contributed by atoms with Gasteiger partial charge in [0.2, 0.25) is 0 Å². The molecule has 0 saturated heterocycles. The van der Waals surface area contributed by atoms with Crippen LogP contribution in [0.4, 0.5) is 0 Å². The van der Waals surface area contributed by atoms with Crippen LogP contribution in [0.3, 0.4) is 0 Å². The summed E-state index contributed by atoms with van der Waals surface area (Å²) in [4.78, 5) is 1.97. The number of benzene rings is 2. The summed E-state index contributed by atoms with van der Waals surface area (Å²) in [5.41, 5.74) is 0.981. The van der Waals surface area contributed by atoms with Crippen molar-refractivity contribution in [1.82, 2.24) is 0 Å². The zero-order valence-corrected chi connectivity index (χ0v) is 14.2. The van der Waals surface area contributed by atoms with Crippen molar-refractivity contribution in [1.29, 1.82) is 0 Å². The topological polar surface area (TPSA) is 20.2 Å². The Morgan fingerprint density at radius 1 is 0.909 bits per heavy atom. The van der Waals surface area contributed by atoms with Gasteiger partial charge in [-0.1, -0.05) is 48.0 Å². The highest BCUT2D eigenvalue weighted by Gasteiger charge is 2.23. The summed E-state index contributed by atoms with van der Waals surface area (Å²) >= 11 is 9.81. The van der Waals surface area contributed by atoms with E-state index in [1.165, 1.54) is 4.70 Å². The molecule has 4 rings (SSSR count). The Morgan fingerprint density at radius 2 is 1.50 bits per heavy atom. The van der Waals surface area contributed by atoms with E-state index >= 15 is 0 Å². The number of fused-ring (bicyclic) bond motifs is 2. The molecule has 2 aromatic heterocycles. The Labute approximate surface area is 141 Å². The molecule has 110 valence electrons. The highest BCUT2D eigenvalue weighted by Crippen LogP contribution is 2.44. The van der Waals surface area contributed by atoms with E-state index in [9.17, 15) is 5.11 Å². The molecule has 0 spiro atoms. The van der Waals surface area contributed by atoms with Gasteiger partial charge in [-0.05, 0) is 24.4 Å². The maximum atomic E-state index is 11.0. The second-order valence-corrected chi connectivity index (χ2v) is 7.97. The van der Waals surface area contributed by atoms with Gasteiger partial charge in [0.25, 0.3) is 0 Å². The minimum atomic E-state index is -0.680. The average Bonchev–Trinajstić information content (AvgIpc) is 3.04. The molecule has 1 nitrogen and oxygen atoms in total.